The van der Waals surface area contributed by atoms with Crippen molar-refractivity contribution in [1.82, 2.24) is 0 Å². The number of unbranched alkanes of at least 4 members (excludes halogenated alkanes) is 10. The molecule has 0 fully saturated rings. The van der Waals surface area contributed by atoms with Crippen LogP contribution in [0.3, 0.4) is 0 Å². The van der Waals surface area contributed by atoms with Gasteiger partial charge in [0, 0.05) is 0 Å². The molecule has 0 aliphatic heterocycles. The molecule has 0 saturated heterocycles. The zero-order valence-corrected chi connectivity index (χ0v) is 11.9. The second-order valence-electron chi connectivity index (χ2n) is 4.93. The van der Waals surface area contributed by atoms with Crippen LogP contribution in [0.1, 0.15) is 84.0 Å². The first-order valence-electron chi connectivity index (χ1n) is 7.67. The Labute approximate surface area is 109 Å². The predicted molar refractivity (Wildman–Crippen MR) is 80.4 cm³/mol. The van der Waals surface area contributed by atoms with Gasteiger partial charge in [0.05, 0.1) is 0 Å². The molecule has 0 rings (SSSR count). The quantitative estimate of drug-likeness (QED) is 0.255. The van der Waals surface area contributed by atoms with E-state index in [2.05, 4.69) is 25.7 Å². The molecule has 0 radical (unpaired) electrons. The molecule has 0 heterocycles. The van der Waals surface area contributed by atoms with Gasteiger partial charge < -0.3 is 0 Å². The summed E-state index contributed by atoms with van der Waals surface area (Å²) < 4.78 is 0. The first-order valence-corrected chi connectivity index (χ1v) is 7.67. The van der Waals surface area contributed by atoms with Crippen molar-refractivity contribution >= 4 is 0 Å². The van der Waals surface area contributed by atoms with Crippen LogP contribution in [0.15, 0.2) is 24.8 Å². The minimum Gasteiger partial charge on any atom is -0.103 e. The monoisotopic (exact) mass is 236 g/mol. The average molecular weight is 236 g/mol. The SMILES string of the molecule is C=CCCCCCCCCCCC/C=C/CC. The maximum absolute atomic E-state index is 3.75. The lowest BCUT2D eigenvalue weighted by molar-refractivity contribution is 0.561. The maximum Gasteiger partial charge on any atom is -0.0351 e. The van der Waals surface area contributed by atoms with E-state index in [0.717, 1.165) is 0 Å². The van der Waals surface area contributed by atoms with Gasteiger partial charge in [0.2, 0.25) is 0 Å². The van der Waals surface area contributed by atoms with Crippen molar-refractivity contribution < 1.29 is 0 Å². The predicted octanol–water partition coefficient (Wildman–Crippen LogP) is 6.43. The maximum atomic E-state index is 3.75. The van der Waals surface area contributed by atoms with Crippen LogP contribution < -0.4 is 0 Å². The van der Waals surface area contributed by atoms with Gasteiger partial charge in [-0.3, -0.25) is 0 Å². The Balaban J connectivity index is 2.93. The Morgan fingerprint density at radius 2 is 1.12 bits per heavy atom. The molecule has 0 atom stereocenters. The van der Waals surface area contributed by atoms with Crippen LogP contribution in [-0.2, 0) is 0 Å². The third-order valence-corrected chi connectivity index (χ3v) is 3.18. The third-order valence-electron chi connectivity index (χ3n) is 3.18. The van der Waals surface area contributed by atoms with Crippen molar-refractivity contribution in [3.8, 4) is 0 Å². The highest BCUT2D eigenvalue weighted by molar-refractivity contribution is 4.79. The Bertz CT molecular complexity index is 167. The average Bonchev–Trinajstić information content (AvgIpc) is 2.35. The largest absolute Gasteiger partial charge is 0.103 e. The molecule has 100 valence electrons. The summed E-state index contributed by atoms with van der Waals surface area (Å²) in [6.45, 7) is 5.95. The summed E-state index contributed by atoms with van der Waals surface area (Å²) in [6, 6.07) is 0. The van der Waals surface area contributed by atoms with E-state index in [1.165, 1.54) is 77.0 Å². The van der Waals surface area contributed by atoms with E-state index in [-0.39, 0.29) is 0 Å². The van der Waals surface area contributed by atoms with Crippen LogP contribution >= 0.6 is 0 Å². The van der Waals surface area contributed by atoms with Crippen LogP contribution in [-0.4, -0.2) is 0 Å². The zero-order valence-electron chi connectivity index (χ0n) is 11.9. The van der Waals surface area contributed by atoms with Gasteiger partial charge >= 0.3 is 0 Å². The van der Waals surface area contributed by atoms with E-state index in [9.17, 15) is 0 Å². The highest BCUT2D eigenvalue weighted by Gasteiger charge is 1.91. The standard InChI is InChI=1S/C17H32/c1-3-5-7-9-11-13-15-17-16-14-12-10-8-6-4-2/h3,6,8H,1,4-5,7,9-17H2,2H3/b8-6+. The van der Waals surface area contributed by atoms with Crippen LogP contribution in [0.5, 0.6) is 0 Å². The molecule has 0 nitrogen and oxygen atoms in total. The van der Waals surface area contributed by atoms with Crippen LogP contribution in [0.2, 0.25) is 0 Å². The molecule has 0 aromatic carbocycles. The van der Waals surface area contributed by atoms with Crippen LogP contribution in [0.4, 0.5) is 0 Å². The molecule has 0 heteroatoms. The van der Waals surface area contributed by atoms with Gasteiger partial charge in [-0.15, -0.1) is 6.58 Å². The summed E-state index contributed by atoms with van der Waals surface area (Å²) in [6.07, 6.45) is 23.0. The molecule has 0 aromatic heterocycles. The minimum atomic E-state index is 1.19. The van der Waals surface area contributed by atoms with Crippen molar-refractivity contribution in [1.29, 1.82) is 0 Å². The number of hydrogen-bond donors (Lipinski definition) is 0. The zero-order chi connectivity index (χ0) is 12.6. The van der Waals surface area contributed by atoms with E-state index < -0.39 is 0 Å². The van der Waals surface area contributed by atoms with Gasteiger partial charge in [-0.05, 0) is 32.1 Å². The summed E-state index contributed by atoms with van der Waals surface area (Å²) in [7, 11) is 0. The van der Waals surface area contributed by atoms with Crippen LogP contribution in [0.25, 0.3) is 0 Å². The van der Waals surface area contributed by atoms with Crippen molar-refractivity contribution in [3.63, 3.8) is 0 Å². The fraction of sp³-hybridized carbons (Fsp3) is 0.765. The van der Waals surface area contributed by atoms with E-state index >= 15 is 0 Å². The molecular weight excluding hydrogens is 204 g/mol. The topological polar surface area (TPSA) is 0 Å². The molecule has 0 aromatic rings. The molecule has 0 saturated carbocycles. The smallest absolute Gasteiger partial charge is 0.0351 e. The van der Waals surface area contributed by atoms with Crippen molar-refractivity contribution in [2.75, 3.05) is 0 Å². The first kappa shape index (κ1) is 16.5. The highest BCUT2D eigenvalue weighted by atomic mass is 14.0. The summed E-state index contributed by atoms with van der Waals surface area (Å²) in [5.41, 5.74) is 0. The lowest BCUT2D eigenvalue weighted by Gasteiger charge is -2.01. The first-order chi connectivity index (χ1) is 8.41. The van der Waals surface area contributed by atoms with Gasteiger partial charge in [0.15, 0.2) is 0 Å². The van der Waals surface area contributed by atoms with E-state index in [4.69, 9.17) is 0 Å². The van der Waals surface area contributed by atoms with E-state index in [0.29, 0.717) is 0 Å². The molecule has 0 amide bonds. The Kier molecular flexibility index (Phi) is 15.0. The fourth-order valence-corrected chi connectivity index (χ4v) is 2.07. The van der Waals surface area contributed by atoms with Crippen molar-refractivity contribution in [2.24, 2.45) is 0 Å². The highest BCUT2D eigenvalue weighted by Crippen LogP contribution is 2.11. The summed E-state index contributed by atoms with van der Waals surface area (Å²) in [5, 5.41) is 0. The number of allylic oxidation sites excluding steroid dienone is 3. The molecule has 0 aliphatic rings. The normalized spacial score (nSPS) is 11.1. The van der Waals surface area contributed by atoms with Gasteiger partial charge in [-0.1, -0.05) is 70.1 Å². The fourth-order valence-electron chi connectivity index (χ4n) is 2.07. The van der Waals surface area contributed by atoms with Gasteiger partial charge in [-0.2, -0.15) is 0 Å². The van der Waals surface area contributed by atoms with Gasteiger partial charge in [0.25, 0.3) is 0 Å². The molecule has 0 bridgehead atoms. The number of rotatable bonds is 13. The molecular formula is C17H32. The second kappa shape index (κ2) is 15.5. The summed E-state index contributed by atoms with van der Waals surface area (Å²) >= 11 is 0. The molecule has 0 aliphatic carbocycles. The van der Waals surface area contributed by atoms with E-state index in [1.54, 1.807) is 0 Å². The summed E-state index contributed by atoms with van der Waals surface area (Å²) in [5.74, 6) is 0. The second-order valence-corrected chi connectivity index (χ2v) is 4.93. The number of hydrogen-bond acceptors (Lipinski definition) is 0. The van der Waals surface area contributed by atoms with E-state index in [1.807, 2.05) is 6.08 Å². The molecule has 17 heavy (non-hydrogen) atoms. The molecule has 0 N–H and O–H groups in total. The lowest BCUT2D eigenvalue weighted by atomic mass is 10.1. The molecule has 0 unspecified atom stereocenters. The van der Waals surface area contributed by atoms with Gasteiger partial charge in [0.1, 0.15) is 0 Å². The minimum absolute atomic E-state index is 1.19. The van der Waals surface area contributed by atoms with Gasteiger partial charge in [-0.25, -0.2) is 0 Å². The summed E-state index contributed by atoms with van der Waals surface area (Å²) in [4.78, 5) is 0. The van der Waals surface area contributed by atoms with Crippen LogP contribution in [0, 0.1) is 0 Å². The van der Waals surface area contributed by atoms with Crippen molar-refractivity contribution in [3.05, 3.63) is 24.8 Å². The molecule has 0 spiro atoms. The Hall–Kier alpha value is -0.520. The Morgan fingerprint density at radius 1 is 0.647 bits per heavy atom. The Morgan fingerprint density at radius 3 is 1.59 bits per heavy atom. The van der Waals surface area contributed by atoms with Crippen molar-refractivity contribution in [2.45, 2.75) is 84.0 Å². The lowest BCUT2D eigenvalue weighted by Crippen LogP contribution is -1.81. The third kappa shape index (κ3) is 15.5.